The average Bonchev–Trinajstić information content (AvgIpc) is 3.26. The van der Waals surface area contributed by atoms with E-state index < -0.39 is 0 Å². The molecule has 0 aliphatic heterocycles. The zero-order valence-electron chi connectivity index (χ0n) is 25.2. The summed E-state index contributed by atoms with van der Waals surface area (Å²) in [5.41, 5.74) is 17.8. The van der Waals surface area contributed by atoms with Crippen molar-refractivity contribution < 1.29 is 9.47 Å². The fourth-order valence-corrected chi connectivity index (χ4v) is 5.98. The zero-order valence-corrected chi connectivity index (χ0v) is 25.2. The largest absolute Gasteiger partial charge is 0.493 e. The van der Waals surface area contributed by atoms with Gasteiger partial charge in [0, 0.05) is 10.8 Å². The molecular formula is C35H42N4O2. The number of hydrogen-bond donors (Lipinski definition) is 2. The van der Waals surface area contributed by atoms with Gasteiger partial charge in [-0.25, -0.2) is 4.98 Å². The number of benzene rings is 3. The lowest BCUT2D eigenvalue weighted by molar-refractivity contribution is 0.294. The number of ether oxygens (including phenoxy) is 2. The molecule has 0 fully saturated rings. The van der Waals surface area contributed by atoms with Gasteiger partial charge in [0.2, 0.25) is 0 Å². The number of rotatable bonds is 11. The van der Waals surface area contributed by atoms with Crippen LogP contribution < -0.4 is 20.5 Å². The number of methoxy groups -OCH3 is 1. The lowest BCUT2D eigenvalue weighted by Gasteiger charge is -2.16. The monoisotopic (exact) mass is 550 g/mol. The Hall–Kier alpha value is -4.03. The first-order chi connectivity index (χ1) is 19.8. The Balaban J connectivity index is 1.42. The Morgan fingerprint density at radius 2 is 1.63 bits per heavy atom. The molecule has 0 bridgehead atoms. The predicted octanol–water partition coefficient (Wildman–Crippen LogP) is 7.17. The van der Waals surface area contributed by atoms with Gasteiger partial charge in [-0.15, -0.1) is 0 Å². The average molecular weight is 551 g/mol. The molecule has 0 aliphatic carbocycles. The molecule has 2 heterocycles. The molecule has 0 spiro atoms. The molecule has 214 valence electrons. The number of para-hydroxylation sites is 1. The van der Waals surface area contributed by atoms with Crippen LogP contribution in [-0.2, 0) is 12.8 Å². The summed E-state index contributed by atoms with van der Waals surface area (Å²) in [4.78, 5) is 5.08. The van der Waals surface area contributed by atoms with Gasteiger partial charge in [0.15, 0.2) is 11.5 Å². The van der Waals surface area contributed by atoms with E-state index in [4.69, 9.17) is 20.2 Å². The molecule has 0 amide bonds. The van der Waals surface area contributed by atoms with Crippen molar-refractivity contribution in [3.8, 4) is 17.2 Å². The maximum atomic E-state index is 6.73. The van der Waals surface area contributed by atoms with Crippen molar-refractivity contribution in [3.63, 3.8) is 0 Å². The van der Waals surface area contributed by atoms with Gasteiger partial charge in [0.1, 0.15) is 5.65 Å². The number of pyridine rings is 1. The Labute approximate surface area is 243 Å². The molecule has 2 aromatic heterocycles. The number of hydrogen-bond acceptors (Lipinski definition) is 5. The molecule has 3 N–H and O–H groups in total. The summed E-state index contributed by atoms with van der Waals surface area (Å²) in [6, 6.07) is 19.3. The molecule has 5 aromatic rings. The lowest BCUT2D eigenvalue weighted by atomic mass is 10.0. The van der Waals surface area contributed by atoms with Crippen LogP contribution in [0.15, 0.2) is 54.6 Å². The molecular weight excluding hydrogens is 508 g/mol. The van der Waals surface area contributed by atoms with E-state index in [-0.39, 0.29) is 0 Å². The summed E-state index contributed by atoms with van der Waals surface area (Å²) in [7, 11) is 1.69. The first-order valence-electron chi connectivity index (χ1n) is 14.6. The Morgan fingerprint density at radius 3 is 2.37 bits per heavy atom. The van der Waals surface area contributed by atoms with E-state index >= 15 is 0 Å². The quantitative estimate of drug-likeness (QED) is 0.171. The van der Waals surface area contributed by atoms with Crippen molar-refractivity contribution in [1.29, 1.82) is 0 Å². The van der Waals surface area contributed by atoms with Crippen LogP contribution in [0.3, 0.4) is 0 Å². The van der Waals surface area contributed by atoms with Crippen molar-refractivity contribution in [2.75, 3.05) is 32.5 Å². The molecule has 0 saturated carbocycles. The molecule has 5 rings (SSSR count). The zero-order chi connectivity index (χ0) is 29.1. The van der Waals surface area contributed by atoms with E-state index in [2.05, 4.69) is 86.1 Å². The standard InChI is InChI=1S/C35H42N4O2/c1-7-18-41-30-13-12-26(21-31(30)40-6)14-16-37-17-15-28-32-27-10-8-9-11-29(27)39(35(32)38-25(5)33(28)36)34-23(3)19-22(2)20-24(34)4/h8-13,19-21,37H,7,14-18,36H2,1-6H3. The van der Waals surface area contributed by atoms with Crippen LogP contribution in [0, 0.1) is 27.7 Å². The third kappa shape index (κ3) is 5.62. The summed E-state index contributed by atoms with van der Waals surface area (Å²) >= 11 is 0. The predicted molar refractivity (Wildman–Crippen MR) is 171 cm³/mol. The van der Waals surface area contributed by atoms with E-state index in [0.717, 1.165) is 77.3 Å². The maximum Gasteiger partial charge on any atom is 0.161 e. The molecule has 0 atom stereocenters. The van der Waals surface area contributed by atoms with Crippen molar-refractivity contribution in [2.45, 2.75) is 53.9 Å². The van der Waals surface area contributed by atoms with E-state index in [1.54, 1.807) is 7.11 Å². The van der Waals surface area contributed by atoms with Crippen LogP contribution in [0.5, 0.6) is 11.5 Å². The summed E-state index contributed by atoms with van der Waals surface area (Å²) in [6.07, 6.45) is 2.68. The number of aromatic nitrogens is 2. The molecule has 6 heteroatoms. The minimum absolute atomic E-state index is 0.686. The molecule has 0 aliphatic rings. The van der Waals surface area contributed by atoms with Crippen LogP contribution in [0.25, 0.3) is 27.6 Å². The highest BCUT2D eigenvalue weighted by Gasteiger charge is 2.21. The van der Waals surface area contributed by atoms with Crippen LogP contribution >= 0.6 is 0 Å². The highest BCUT2D eigenvalue weighted by atomic mass is 16.5. The second-order valence-electron chi connectivity index (χ2n) is 11.0. The summed E-state index contributed by atoms with van der Waals surface area (Å²) < 4.78 is 13.7. The molecule has 41 heavy (non-hydrogen) atoms. The van der Waals surface area contributed by atoms with Crippen molar-refractivity contribution in [1.82, 2.24) is 14.9 Å². The number of nitrogens with one attached hydrogen (secondary N) is 1. The topological polar surface area (TPSA) is 74.3 Å². The van der Waals surface area contributed by atoms with Crippen LogP contribution in [0.2, 0.25) is 0 Å². The first-order valence-corrected chi connectivity index (χ1v) is 14.6. The molecule has 3 aromatic carbocycles. The van der Waals surface area contributed by atoms with E-state index in [0.29, 0.717) is 6.61 Å². The molecule has 0 unspecified atom stereocenters. The van der Waals surface area contributed by atoms with E-state index in [9.17, 15) is 0 Å². The highest BCUT2D eigenvalue weighted by molar-refractivity contribution is 6.11. The van der Waals surface area contributed by atoms with Gasteiger partial charge in [0.25, 0.3) is 0 Å². The number of anilines is 1. The van der Waals surface area contributed by atoms with Gasteiger partial charge in [-0.2, -0.15) is 0 Å². The normalized spacial score (nSPS) is 11.5. The fraction of sp³-hybridized carbons (Fsp3) is 0.343. The van der Waals surface area contributed by atoms with Crippen molar-refractivity contribution in [2.24, 2.45) is 0 Å². The molecule has 0 saturated heterocycles. The third-order valence-corrected chi connectivity index (χ3v) is 7.83. The van der Waals surface area contributed by atoms with Gasteiger partial charge in [0.05, 0.1) is 36.3 Å². The SMILES string of the molecule is CCCOc1ccc(CCNCCc2c(N)c(C)nc3c2c2ccccc2n3-c2c(C)cc(C)cc2C)cc1OC. The summed E-state index contributed by atoms with van der Waals surface area (Å²) in [5.74, 6) is 1.59. The third-order valence-electron chi connectivity index (χ3n) is 7.83. The smallest absolute Gasteiger partial charge is 0.161 e. The maximum absolute atomic E-state index is 6.73. The van der Waals surface area contributed by atoms with E-state index in [1.807, 2.05) is 13.0 Å². The minimum atomic E-state index is 0.686. The molecule has 0 radical (unpaired) electrons. The number of nitrogens with two attached hydrogens (primary N) is 1. The number of aryl methyl sites for hydroxylation is 4. The Bertz CT molecular complexity index is 1680. The van der Waals surface area contributed by atoms with Crippen LogP contribution in [-0.4, -0.2) is 36.4 Å². The van der Waals surface area contributed by atoms with Crippen LogP contribution in [0.1, 0.15) is 46.9 Å². The van der Waals surface area contributed by atoms with Gasteiger partial charge in [-0.3, -0.25) is 4.57 Å². The second kappa shape index (κ2) is 12.2. The Morgan fingerprint density at radius 1 is 0.902 bits per heavy atom. The van der Waals surface area contributed by atoms with Gasteiger partial charge < -0.3 is 20.5 Å². The first kappa shape index (κ1) is 28.5. The fourth-order valence-electron chi connectivity index (χ4n) is 5.98. The summed E-state index contributed by atoms with van der Waals surface area (Å²) in [5, 5.41) is 5.98. The Kier molecular flexibility index (Phi) is 8.50. The minimum Gasteiger partial charge on any atom is -0.493 e. The van der Waals surface area contributed by atoms with Gasteiger partial charge in [-0.05, 0) is 100 Å². The van der Waals surface area contributed by atoms with Crippen LogP contribution in [0.4, 0.5) is 5.69 Å². The van der Waals surface area contributed by atoms with Crippen molar-refractivity contribution >= 4 is 27.6 Å². The van der Waals surface area contributed by atoms with Gasteiger partial charge in [-0.1, -0.05) is 48.9 Å². The number of nitrogens with zero attached hydrogens (tertiary/aromatic N) is 2. The number of nitrogen functional groups attached to an aromatic ring is 1. The highest BCUT2D eigenvalue weighted by Crippen LogP contribution is 2.38. The second-order valence-corrected chi connectivity index (χ2v) is 11.0. The summed E-state index contributed by atoms with van der Waals surface area (Å²) in [6.45, 7) is 13.0. The van der Waals surface area contributed by atoms with E-state index in [1.165, 1.54) is 33.3 Å². The lowest BCUT2D eigenvalue weighted by Crippen LogP contribution is -2.21. The molecule has 6 nitrogen and oxygen atoms in total. The van der Waals surface area contributed by atoms with Crippen molar-refractivity contribution in [3.05, 3.63) is 88.1 Å². The van der Waals surface area contributed by atoms with Gasteiger partial charge >= 0.3 is 0 Å². The number of fused-ring (bicyclic) bond motifs is 3.